The normalized spacial score (nSPS) is 9.64. The molecule has 1 aromatic rings. The van der Waals surface area contributed by atoms with Gasteiger partial charge in [-0.1, -0.05) is 18.2 Å². The number of carbonyl (C=O) groups excluding carboxylic acids is 1. The highest BCUT2D eigenvalue weighted by atomic mass is 35.5. The van der Waals surface area contributed by atoms with Gasteiger partial charge in [0.2, 0.25) is 0 Å². The zero-order valence-corrected chi connectivity index (χ0v) is 8.27. The van der Waals surface area contributed by atoms with Crippen LogP contribution in [0.25, 0.3) is 0 Å². The van der Waals surface area contributed by atoms with Gasteiger partial charge in [-0.25, -0.2) is 4.39 Å². The van der Waals surface area contributed by atoms with Crippen molar-refractivity contribution in [2.45, 2.75) is 0 Å². The van der Waals surface area contributed by atoms with Gasteiger partial charge in [-0.15, -0.1) is 0 Å². The van der Waals surface area contributed by atoms with Crippen molar-refractivity contribution < 1.29 is 13.9 Å². The third kappa shape index (κ3) is 1.77. The maximum absolute atomic E-state index is 13.4. The monoisotopic (exact) mass is 214 g/mol. The van der Waals surface area contributed by atoms with Gasteiger partial charge in [0.15, 0.2) is 11.6 Å². The average molecular weight is 215 g/mol. The number of rotatable bonds is 3. The molecule has 14 heavy (non-hydrogen) atoms. The van der Waals surface area contributed by atoms with Crippen LogP contribution in [0.2, 0.25) is 5.02 Å². The minimum absolute atomic E-state index is 0.115. The van der Waals surface area contributed by atoms with Gasteiger partial charge in [0.25, 0.3) is 0 Å². The maximum atomic E-state index is 13.4. The number of carbonyl (C=O) groups is 1. The summed E-state index contributed by atoms with van der Waals surface area (Å²) in [5.74, 6) is -1.19. The summed E-state index contributed by atoms with van der Waals surface area (Å²) in [4.78, 5) is 11.3. The van der Waals surface area contributed by atoms with Crippen LogP contribution >= 0.6 is 11.6 Å². The number of halogens is 2. The van der Waals surface area contributed by atoms with E-state index in [0.717, 1.165) is 6.08 Å². The molecular weight excluding hydrogens is 207 g/mol. The standard InChI is InChI=1S/C10H8ClFO2/c1-3-7(13)9-8(14-2)5-4-6(11)10(9)12/h3-5H,1H2,2H3. The Morgan fingerprint density at radius 2 is 2.29 bits per heavy atom. The van der Waals surface area contributed by atoms with Crippen molar-refractivity contribution in [3.8, 4) is 5.75 Å². The SMILES string of the molecule is C=CC(=O)c1c(OC)ccc(Cl)c1F. The van der Waals surface area contributed by atoms with Crippen molar-refractivity contribution in [2.75, 3.05) is 7.11 Å². The molecule has 0 radical (unpaired) electrons. The van der Waals surface area contributed by atoms with Gasteiger partial charge < -0.3 is 4.74 Å². The van der Waals surface area contributed by atoms with Gasteiger partial charge in [-0.2, -0.15) is 0 Å². The van der Waals surface area contributed by atoms with Crippen LogP contribution < -0.4 is 4.74 Å². The van der Waals surface area contributed by atoms with E-state index in [4.69, 9.17) is 16.3 Å². The molecule has 0 saturated carbocycles. The van der Waals surface area contributed by atoms with Gasteiger partial charge in [0.1, 0.15) is 11.3 Å². The molecule has 0 aliphatic carbocycles. The average Bonchev–Trinajstić information content (AvgIpc) is 2.20. The predicted molar refractivity (Wildman–Crippen MR) is 52.5 cm³/mol. The molecule has 0 spiro atoms. The highest BCUT2D eigenvalue weighted by Crippen LogP contribution is 2.27. The summed E-state index contributed by atoms with van der Waals surface area (Å²) in [6.07, 6.45) is 1.01. The summed E-state index contributed by atoms with van der Waals surface area (Å²) in [7, 11) is 1.35. The third-order valence-electron chi connectivity index (χ3n) is 1.71. The summed E-state index contributed by atoms with van der Waals surface area (Å²) in [5, 5.41) is -0.115. The fourth-order valence-corrected chi connectivity index (χ4v) is 1.19. The van der Waals surface area contributed by atoms with Crippen LogP contribution in [0.1, 0.15) is 10.4 Å². The molecule has 1 rings (SSSR count). The highest BCUT2D eigenvalue weighted by Gasteiger charge is 2.17. The Morgan fingerprint density at radius 1 is 1.64 bits per heavy atom. The quantitative estimate of drug-likeness (QED) is 0.571. The second-order valence-electron chi connectivity index (χ2n) is 2.51. The van der Waals surface area contributed by atoms with Crippen molar-refractivity contribution in [1.82, 2.24) is 0 Å². The number of allylic oxidation sites excluding steroid dienone is 1. The highest BCUT2D eigenvalue weighted by molar-refractivity contribution is 6.31. The molecule has 0 aromatic heterocycles. The maximum Gasteiger partial charge on any atom is 0.192 e. The molecule has 0 unspecified atom stereocenters. The van der Waals surface area contributed by atoms with Crippen molar-refractivity contribution in [3.63, 3.8) is 0 Å². The molecule has 0 aliphatic rings. The third-order valence-corrected chi connectivity index (χ3v) is 2.00. The second-order valence-corrected chi connectivity index (χ2v) is 2.91. The zero-order chi connectivity index (χ0) is 10.7. The van der Waals surface area contributed by atoms with E-state index in [9.17, 15) is 9.18 Å². The summed E-state index contributed by atoms with van der Waals surface area (Å²) in [6.45, 7) is 3.27. The van der Waals surface area contributed by atoms with Crippen LogP contribution in [0, 0.1) is 5.82 Å². The predicted octanol–water partition coefficient (Wildman–Crippen LogP) is 2.86. The lowest BCUT2D eigenvalue weighted by Gasteiger charge is -2.07. The molecule has 74 valence electrons. The van der Waals surface area contributed by atoms with Crippen molar-refractivity contribution >= 4 is 17.4 Å². The first kappa shape index (κ1) is 10.7. The molecule has 2 nitrogen and oxygen atoms in total. The number of ketones is 1. The van der Waals surface area contributed by atoms with Crippen LogP contribution in [0.4, 0.5) is 4.39 Å². The molecule has 1 aromatic carbocycles. The van der Waals surface area contributed by atoms with E-state index < -0.39 is 11.6 Å². The first-order valence-corrected chi connectivity index (χ1v) is 4.18. The first-order chi connectivity index (χ1) is 6.61. The smallest absolute Gasteiger partial charge is 0.192 e. The van der Waals surface area contributed by atoms with Crippen LogP contribution in [-0.2, 0) is 0 Å². The Bertz CT molecular complexity index is 388. The van der Waals surface area contributed by atoms with Gasteiger partial charge in [-0.3, -0.25) is 4.79 Å². The number of methoxy groups -OCH3 is 1. The van der Waals surface area contributed by atoms with E-state index in [-0.39, 0.29) is 16.3 Å². The van der Waals surface area contributed by atoms with Gasteiger partial charge >= 0.3 is 0 Å². The fraction of sp³-hybridized carbons (Fsp3) is 0.100. The van der Waals surface area contributed by atoms with Crippen LogP contribution in [-0.4, -0.2) is 12.9 Å². The summed E-state index contributed by atoms with van der Waals surface area (Å²) in [5.41, 5.74) is -0.185. The largest absolute Gasteiger partial charge is 0.496 e. The summed E-state index contributed by atoms with van der Waals surface area (Å²) in [6, 6.07) is 2.76. The Kier molecular flexibility index (Phi) is 3.25. The Balaban J connectivity index is 3.42. The summed E-state index contributed by atoms with van der Waals surface area (Å²) >= 11 is 5.53. The molecule has 0 N–H and O–H groups in total. The molecule has 4 heteroatoms. The van der Waals surface area contributed by atoms with E-state index in [0.29, 0.717) is 0 Å². The molecule has 0 amide bonds. The number of ether oxygens (including phenoxy) is 1. The van der Waals surface area contributed by atoms with Crippen LogP contribution in [0.15, 0.2) is 24.8 Å². The summed E-state index contributed by atoms with van der Waals surface area (Å²) < 4.78 is 18.2. The lowest BCUT2D eigenvalue weighted by atomic mass is 10.1. The second kappa shape index (κ2) is 4.24. The fourth-order valence-electron chi connectivity index (χ4n) is 1.03. The van der Waals surface area contributed by atoms with Crippen LogP contribution in [0.3, 0.4) is 0 Å². The van der Waals surface area contributed by atoms with Crippen molar-refractivity contribution in [3.05, 3.63) is 41.2 Å². The molecule has 0 heterocycles. The first-order valence-electron chi connectivity index (χ1n) is 3.80. The van der Waals surface area contributed by atoms with Crippen molar-refractivity contribution in [2.24, 2.45) is 0 Å². The van der Waals surface area contributed by atoms with Crippen LogP contribution in [0.5, 0.6) is 5.75 Å². The minimum atomic E-state index is -0.782. The van der Waals surface area contributed by atoms with Gasteiger partial charge in [0.05, 0.1) is 12.1 Å². The number of benzene rings is 1. The lowest BCUT2D eigenvalue weighted by molar-refractivity contribution is 0.104. The molecule has 0 fully saturated rings. The Morgan fingerprint density at radius 3 is 2.79 bits per heavy atom. The number of hydrogen-bond donors (Lipinski definition) is 0. The lowest BCUT2D eigenvalue weighted by Crippen LogP contribution is -2.02. The topological polar surface area (TPSA) is 26.3 Å². The molecular formula is C10H8ClFO2. The Hall–Kier alpha value is -1.35. The zero-order valence-electron chi connectivity index (χ0n) is 7.51. The van der Waals surface area contributed by atoms with Gasteiger partial charge in [0, 0.05) is 0 Å². The van der Waals surface area contributed by atoms with E-state index in [1.54, 1.807) is 0 Å². The number of hydrogen-bond acceptors (Lipinski definition) is 2. The van der Waals surface area contributed by atoms with E-state index in [1.165, 1.54) is 19.2 Å². The van der Waals surface area contributed by atoms with E-state index in [1.807, 2.05) is 0 Å². The van der Waals surface area contributed by atoms with Gasteiger partial charge in [-0.05, 0) is 18.2 Å². The van der Waals surface area contributed by atoms with E-state index >= 15 is 0 Å². The molecule has 0 bridgehead atoms. The van der Waals surface area contributed by atoms with Crippen molar-refractivity contribution in [1.29, 1.82) is 0 Å². The molecule has 0 aliphatic heterocycles. The van der Waals surface area contributed by atoms with E-state index in [2.05, 4.69) is 6.58 Å². The minimum Gasteiger partial charge on any atom is -0.496 e. The Labute approximate surface area is 85.9 Å². The molecule has 0 saturated heterocycles. The molecule has 0 atom stereocenters.